The van der Waals surface area contributed by atoms with Gasteiger partial charge in [-0.05, 0) is 11.6 Å². The molecule has 0 aliphatic rings. The van der Waals surface area contributed by atoms with E-state index in [-0.39, 0.29) is 0 Å². The highest BCUT2D eigenvalue weighted by atomic mass is 35.5. The summed E-state index contributed by atoms with van der Waals surface area (Å²) in [6, 6.07) is 9.93. The van der Waals surface area contributed by atoms with E-state index in [1.165, 1.54) is 5.54 Å². The minimum absolute atomic E-state index is 0.833. The van der Waals surface area contributed by atoms with Crippen LogP contribution in [0, 0.1) is 0 Å². The third kappa shape index (κ3) is 8.63. The highest BCUT2D eigenvalue weighted by molar-refractivity contribution is 6.27. The average Bonchev–Trinajstić information content (AvgIpc) is 2.06. The third-order valence-corrected chi connectivity index (χ3v) is 1.18. The molecule has 0 heterocycles. The molecule has 0 bridgehead atoms. The van der Waals surface area contributed by atoms with Crippen LogP contribution >= 0.6 is 11.6 Å². The molecule has 13 heavy (non-hydrogen) atoms. The van der Waals surface area contributed by atoms with Crippen LogP contribution in [-0.2, 0) is 4.79 Å². The van der Waals surface area contributed by atoms with E-state index in [1.807, 2.05) is 36.4 Å². The molecule has 0 aliphatic carbocycles. The molecule has 3 heteroatoms. The van der Waals surface area contributed by atoms with Gasteiger partial charge in [0.05, 0.1) is 0 Å². The second kappa shape index (κ2) is 7.37. The number of carbonyl (C=O) groups is 1. The van der Waals surface area contributed by atoms with Gasteiger partial charge in [-0.1, -0.05) is 41.9 Å². The Morgan fingerprint density at radius 2 is 1.85 bits per heavy atom. The van der Waals surface area contributed by atoms with Crippen molar-refractivity contribution in [2.45, 2.75) is 6.92 Å². The van der Waals surface area contributed by atoms with Crippen molar-refractivity contribution in [2.24, 2.45) is 0 Å². The monoisotopic (exact) mass is 198 g/mol. The lowest BCUT2D eigenvalue weighted by atomic mass is 10.2. The number of aliphatic carboxylic acids is 1. The van der Waals surface area contributed by atoms with Gasteiger partial charge in [-0.3, -0.25) is 4.79 Å². The summed E-state index contributed by atoms with van der Waals surface area (Å²) in [6.45, 7) is 1.08. The molecule has 0 spiro atoms. The predicted octanol–water partition coefficient (Wildman–Crippen LogP) is 2.99. The van der Waals surface area contributed by atoms with Gasteiger partial charge in [0, 0.05) is 12.5 Å². The van der Waals surface area contributed by atoms with E-state index in [9.17, 15) is 0 Å². The summed E-state index contributed by atoms with van der Waals surface area (Å²) < 4.78 is 0. The van der Waals surface area contributed by atoms with Gasteiger partial charge in [0.15, 0.2) is 0 Å². The highest BCUT2D eigenvalue weighted by Gasteiger charge is 1.78. The molecule has 70 valence electrons. The molecule has 0 amide bonds. The molecule has 2 nitrogen and oxygen atoms in total. The lowest BCUT2D eigenvalue weighted by molar-refractivity contribution is -0.134. The van der Waals surface area contributed by atoms with Crippen LogP contribution < -0.4 is 0 Å². The van der Waals surface area contributed by atoms with E-state index in [0.717, 1.165) is 12.5 Å². The summed E-state index contributed by atoms with van der Waals surface area (Å²) >= 11 is 5.36. The lowest BCUT2D eigenvalue weighted by Crippen LogP contribution is -1.78. The minimum Gasteiger partial charge on any atom is -0.481 e. The van der Waals surface area contributed by atoms with Crippen molar-refractivity contribution < 1.29 is 9.90 Å². The molecule has 0 fully saturated rings. The van der Waals surface area contributed by atoms with Crippen molar-refractivity contribution in [1.82, 2.24) is 0 Å². The molecule has 1 N–H and O–H groups in total. The summed E-state index contributed by atoms with van der Waals surface area (Å²) in [5.41, 5.74) is 2.64. The predicted molar refractivity (Wildman–Crippen MR) is 54.6 cm³/mol. The Kier molecular flexibility index (Phi) is 6.65. The summed E-state index contributed by atoms with van der Waals surface area (Å²) in [4.78, 5) is 9.00. The Morgan fingerprint density at radius 1 is 1.38 bits per heavy atom. The van der Waals surface area contributed by atoms with Gasteiger partial charge in [-0.15, -0.1) is 0 Å². The molecule has 0 radical (unpaired) electrons. The van der Waals surface area contributed by atoms with E-state index in [1.54, 1.807) is 0 Å². The van der Waals surface area contributed by atoms with E-state index >= 15 is 0 Å². The maximum absolute atomic E-state index is 9.00. The number of hydrogen-bond donors (Lipinski definition) is 1. The van der Waals surface area contributed by atoms with Gasteiger partial charge < -0.3 is 5.11 Å². The SMILES string of the molecule is CC(=O)O.ClC=Cc1ccccc1. The van der Waals surface area contributed by atoms with Gasteiger partial charge in [0.1, 0.15) is 0 Å². The number of rotatable bonds is 1. The van der Waals surface area contributed by atoms with Crippen LogP contribution in [0.25, 0.3) is 6.08 Å². The van der Waals surface area contributed by atoms with Gasteiger partial charge in [0.25, 0.3) is 5.97 Å². The van der Waals surface area contributed by atoms with Crippen LogP contribution in [0.5, 0.6) is 0 Å². The molecular formula is C10H11ClO2. The van der Waals surface area contributed by atoms with Crippen molar-refractivity contribution in [2.75, 3.05) is 0 Å². The van der Waals surface area contributed by atoms with E-state index < -0.39 is 5.97 Å². The van der Waals surface area contributed by atoms with Crippen LogP contribution in [0.3, 0.4) is 0 Å². The van der Waals surface area contributed by atoms with Crippen LogP contribution in [0.2, 0.25) is 0 Å². The number of benzene rings is 1. The summed E-state index contributed by atoms with van der Waals surface area (Å²) in [7, 11) is 0. The first kappa shape index (κ1) is 11.7. The first-order valence-corrected chi connectivity index (χ1v) is 4.12. The smallest absolute Gasteiger partial charge is 0.300 e. The third-order valence-electron chi connectivity index (χ3n) is 1.06. The molecule has 0 aromatic heterocycles. The average molecular weight is 199 g/mol. The van der Waals surface area contributed by atoms with Crippen molar-refractivity contribution >= 4 is 23.6 Å². The fourth-order valence-corrected chi connectivity index (χ4v) is 0.782. The molecule has 0 saturated heterocycles. The molecule has 1 aromatic carbocycles. The van der Waals surface area contributed by atoms with Gasteiger partial charge in [-0.2, -0.15) is 0 Å². The second-order valence-corrected chi connectivity index (χ2v) is 2.47. The van der Waals surface area contributed by atoms with Gasteiger partial charge in [0.2, 0.25) is 0 Å². The van der Waals surface area contributed by atoms with Crippen molar-refractivity contribution in [3.8, 4) is 0 Å². The van der Waals surface area contributed by atoms with Crippen molar-refractivity contribution in [3.05, 3.63) is 41.4 Å². The molecular weight excluding hydrogens is 188 g/mol. The van der Waals surface area contributed by atoms with E-state index in [0.29, 0.717) is 0 Å². The lowest BCUT2D eigenvalue weighted by Gasteiger charge is -1.86. The largest absolute Gasteiger partial charge is 0.481 e. The standard InChI is InChI=1S/C8H7Cl.C2H4O2/c9-7-6-8-4-2-1-3-5-8;1-2(3)4/h1-7H;1H3,(H,3,4). The summed E-state index contributed by atoms with van der Waals surface area (Å²) in [5, 5.41) is 7.42. The topological polar surface area (TPSA) is 37.3 Å². The number of halogens is 1. The van der Waals surface area contributed by atoms with Gasteiger partial charge >= 0.3 is 0 Å². The first-order valence-electron chi connectivity index (χ1n) is 3.68. The zero-order chi connectivity index (χ0) is 10.1. The Hall–Kier alpha value is -1.28. The maximum Gasteiger partial charge on any atom is 0.300 e. The zero-order valence-electron chi connectivity index (χ0n) is 7.27. The van der Waals surface area contributed by atoms with Crippen LogP contribution in [-0.4, -0.2) is 11.1 Å². The van der Waals surface area contributed by atoms with Gasteiger partial charge in [-0.25, -0.2) is 0 Å². The summed E-state index contributed by atoms with van der Waals surface area (Å²) in [6.07, 6.45) is 1.85. The van der Waals surface area contributed by atoms with Crippen LogP contribution in [0.15, 0.2) is 35.9 Å². The molecule has 1 rings (SSSR count). The highest BCUT2D eigenvalue weighted by Crippen LogP contribution is 2.00. The Labute approximate surface area is 82.5 Å². The fourth-order valence-electron chi connectivity index (χ4n) is 0.637. The first-order chi connectivity index (χ1) is 6.16. The molecule has 0 saturated carbocycles. The van der Waals surface area contributed by atoms with Crippen LogP contribution in [0.1, 0.15) is 12.5 Å². The number of carboxylic acids is 1. The Morgan fingerprint density at radius 3 is 2.23 bits per heavy atom. The number of hydrogen-bond acceptors (Lipinski definition) is 1. The van der Waals surface area contributed by atoms with Crippen LogP contribution in [0.4, 0.5) is 0 Å². The van der Waals surface area contributed by atoms with E-state index in [4.69, 9.17) is 21.5 Å². The fraction of sp³-hybridized carbons (Fsp3) is 0.100. The second-order valence-electron chi connectivity index (χ2n) is 2.22. The molecule has 0 unspecified atom stereocenters. The maximum atomic E-state index is 9.00. The molecule has 0 atom stereocenters. The molecule has 1 aromatic rings. The zero-order valence-corrected chi connectivity index (χ0v) is 8.03. The van der Waals surface area contributed by atoms with E-state index in [2.05, 4.69) is 0 Å². The van der Waals surface area contributed by atoms with Crippen molar-refractivity contribution in [1.29, 1.82) is 0 Å². The summed E-state index contributed by atoms with van der Waals surface area (Å²) in [5.74, 6) is -0.833. The normalized spacial score (nSPS) is 9.08. The minimum atomic E-state index is -0.833. The van der Waals surface area contributed by atoms with Crippen molar-refractivity contribution in [3.63, 3.8) is 0 Å². The Balaban J connectivity index is 0.000000310. The molecule has 0 aliphatic heterocycles. The number of carboxylic acid groups (broad SMARTS) is 1. The Bertz CT molecular complexity index is 264. The quantitative estimate of drug-likeness (QED) is 0.753.